The molecule has 0 N–H and O–H groups in total. The van der Waals surface area contributed by atoms with Crippen molar-refractivity contribution in [1.82, 2.24) is 0 Å². The van der Waals surface area contributed by atoms with Gasteiger partial charge < -0.3 is 4.74 Å². The Morgan fingerprint density at radius 1 is 1.18 bits per heavy atom. The first-order valence-electron chi connectivity index (χ1n) is 5.93. The molecule has 1 rings (SSSR count). The second kappa shape index (κ2) is 4.91. The normalized spacial score (nSPS) is 11.4. The van der Waals surface area contributed by atoms with Crippen LogP contribution in [0, 0.1) is 19.3 Å². The van der Waals surface area contributed by atoms with Crippen molar-refractivity contribution in [3.8, 4) is 5.75 Å². The Labute approximate surface area is 104 Å². The fourth-order valence-electron chi connectivity index (χ4n) is 1.89. The highest BCUT2D eigenvalue weighted by molar-refractivity contribution is 5.98. The first kappa shape index (κ1) is 13.8. The molecule has 0 fully saturated rings. The highest BCUT2D eigenvalue weighted by Gasteiger charge is 2.19. The van der Waals surface area contributed by atoms with Crippen LogP contribution in [-0.4, -0.2) is 12.9 Å². The summed E-state index contributed by atoms with van der Waals surface area (Å²) >= 11 is 0. The van der Waals surface area contributed by atoms with Crippen LogP contribution in [0.5, 0.6) is 5.75 Å². The molecule has 0 aliphatic carbocycles. The lowest BCUT2D eigenvalue weighted by Crippen LogP contribution is -2.14. The van der Waals surface area contributed by atoms with Gasteiger partial charge in [-0.1, -0.05) is 20.8 Å². The van der Waals surface area contributed by atoms with E-state index in [9.17, 15) is 4.79 Å². The van der Waals surface area contributed by atoms with Crippen molar-refractivity contribution in [2.24, 2.45) is 5.41 Å². The number of methoxy groups -OCH3 is 1. The molecule has 0 aliphatic rings. The van der Waals surface area contributed by atoms with E-state index in [1.54, 1.807) is 7.11 Å². The van der Waals surface area contributed by atoms with Crippen molar-refractivity contribution >= 4 is 5.78 Å². The molecule has 1 aromatic carbocycles. The minimum absolute atomic E-state index is 0.0252. The molecule has 0 aromatic heterocycles. The highest BCUT2D eigenvalue weighted by atomic mass is 16.5. The van der Waals surface area contributed by atoms with Gasteiger partial charge in [0, 0.05) is 12.0 Å². The van der Waals surface area contributed by atoms with Gasteiger partial charge in [0.15, 0.2) is 5.78 Å². The van der Waals surface area contributed by atoms with E-state index < -0.39 is 0 Å². The van der Waals surface area contributed by atoms with E-state index in [1.165, 1.54) is 0 Å². The van der Waals surface area contributed by atoms with E-state index in [0.29, 0.717) is 6.42 Å². The largest absolute Gasteiger partial charge is 0.496 e. The summed E-state index contributed by atoms with van der Waals surface area (Å²) in [6.45, 7) is 10.2. The zero-order valence-electron chi connectivity index (χ0n) is 11.7. The Morgan fingerprint density at radius 3 is 2.24 bits per heavy atom. The summed E-state index contributed by atoms with van der Waals surface area (Å²) in [4.78, 5) is 12.2. The fraction of sp³-hybridized carbons (Fsp3) is 0.533. The van der Waals surface area contributed by atoms with Crippen molar-refractivity contribution in [2.45, 2.75) is 41.0 Å². The van der Waals surface area contributed by atoms with Crippen molar-refractivity contribution in [2.75, 3.05) is 7.11 Å². The average Bonchev–Trinajstić information content (AvgIpc) is 2.18. The van der Waals surface area contributed by atoms with Crippen LogP contribution in [0.2, 0.25) is 0 Å². The summed E-state index contributed by atoms with van der Waals surface area (Å²) in [5.74, 6) is 1.05. The second-order valence-corrected chi connectivity index (χ2v) is 5.80. The maximum Gasteiger partial charge on any atom is 0.163 e. The first-order valence-corrected chi connectivity index (χ1v) is 5.93. The molecule has 0 atom stereocenters. The SMILES string of the molecule is COc1cc(C)c(C(=O)CC(C)(C)C)cc1C. The van der Waals surface area contributed by atoms with Crippen LogP contribution in [0.15, 0.2) is 12.1 Å². The zero-order chi connectivity index (χ0) is 13.2. The molecule has 0 radical (unpaired) electrons. The summed E-state index contributed by atoms with van der Waals surface area (Å²) < 4.78 is 5.25. The Balaban J connectivity index is 3.07. The van der Waals surface area contributed by atoms with Crippen LogP contribution >= 0.6 is 0 Å². The van der Waals surface area contributed by atoms with Gasteiger partial charge in [-0.15, -0.1) is 0 Å². The maximum atomic E-state index is 12.2. The molecule has 0 unspecified atom stereocenters. The monoisotopic (exact) mass is 234 g/mol. The lowest BCUT2D eigenvalue weighted by atomic mass is 9.86. The van der Waals surface area contributed by atoms with E-state index in [2.05, 4.69) is 20.8 Å². The molecule has 2 heteroatoms. The lowest BCUT2D eigenvalue weighted by molar-refractivity contribution is 0.0939. The number of aryl methyl sites for hydroxylation is 2. The van der Waals surface area contributed by atoms with Crippen LogP contribution < -0.4 is 4.74 Å². The molecule has 17 heavy (non-hydrogen) atoms. The van der Waals surface area contributed by atoms with Gasteiger partial charge in [0.05, 0.1) is 7.11 Å². The van der Waals surface area contributed by atoms with Gasteiger partial charge in [-0.3, -0.25) is 4.79 Å². The van der Waals surface area contributed by atoms with Crippen LogP contribution in [0.3, 0.4) is 0 Å². The molecule has 2 nitrogen and oxygen atoms in total. The van der Waals surface area contributed by atoms with Crippen LogP contribution in [-0.2, 0) is 0 Å². The third kappa shape index (κ3) is 3.58. The second-order valence-electron chi connectivity index (χ2n) is 5.80. The fourth-order valence-corrected chi connectivity index (χ4v) is 1.89. The summed E-state index contributed by atoms with van der Waals surface area (Å²) in [7, 11) is 1.65. The zero-order valence-corrected chi connectivity index (χ0v) is 11.7. The number of hydrogen-bond acceptors (Lipinski definition) is 2. The van der Waals surface area contributed by atoms with E-state index >= 15 is 0 Å². The molecule has 0 bridgehead atoms. The molecule has 0 aliphatic heterocycles. The summed E-state index contributed by atoms with van der Waals surface area (Å²) in [5, 5.41) is 0. The van der Waals surface area contributed by atoms with E-state index in [1.807, 2.05) is 26.0 Å². The predicted octanol–water partition coefficient (Wildman–Crippen LogP) is 3.93. The molecular formula is C15H22O2. The van der Waals surface area contributed by atoms with Crippen LogP contribution in [0.4, 0.5) is 0 Å². The number of carbonyl (C=O) groups excluding carboxylic acids is 1. The van der Waals surface area contributed by atoms with Crippen molar-refractivity contribution in [3.05, 3.63) is 28.8 Å². The molecule has 1 aromatic rings. The van der Waals surface area contributed by atoms with Crippen molar-refractivity contribution in [1.29, 1.82) is 0 Å². The van der Waals surface area contributed by atoms with Crippen molar-refractivity contribution < 1.29 is 9.53 Å². The molecular weight excluding hydrogens is 212 g/mol. The number of ketones is 1. The maximum absolute atomic E-state index is 12.2. The van der Waals surface area contributed by atoms with Gasteiger partial charge in [-0.05, 0) is 42.5 Å². The van der Waals surface area contributed by atoms with Gasteiger partial charge in [0.1, 0.15) is 5.75 Å². The molecule has 0 spiro atoms. The van der Waals surface area contributed by atoms with Gasteiger partial charge in [-0.25, -0.2) is 0 Å². The summed E-state index contributed by atoms with van der Waals surface area (Å²) in [5.41, 5.74) is 2.84. The predicted molar refractivity (Wildman–Crippen MR) is 70.9 cm³/mol. The van der Waals surface area contributed by atoms with Gasteiger partial charge >= 0.3 is 0 Å². The standard InChI is InChI=1S/C15H22O2/c1-10-8-14(17-6)11(2)7-12(10)13(16)9-15(3,4)5/h7-8H,9H2,1-6H3. The number of Topliss-reactive ketones (excluding diaryl/α,β-unsaturated/α-hetero) is 1. The average molecular weight is 234 g/mol. The van der Waals surface area contributed by atoms with Gasteiger partial charge in [0.2, 0.25) is 0 Å². The Morgan fingerprint density at radius 2 is 1.76 bits per heavy atom. The quantitative estimate of drug-likeness (QED) is 0.741. The van der Waals surface area contributed by atoms with Gasteiger partial charge in [-0.2, -0.15) is 0 Å². The molecule has 0 saturated carbocycles. The van der Waals surface area contributed by atoms with Crippen LogP contribution in [0.25, 0.3) is 0 Å². The number of rotatable bonds is 3. The topological polar surface area (TPSA) is 26.3 Å². The first-order chi connectivity index (χ1) is 7.74. The number of carbonyl (C=O) groups is 1. The molecule has 94 valence electrons. The molecule has 0 amide bonds. The van der Waals surface area contributed by atoms with E-state index in [0.717, 1.165) is 22.4 Å². The Kier molecular flexibility index (Phi) is 3.97. The van der Waals surface area contributed by atoms with Crippen molar-refractivity contribution in [3.63, 3.8) is 0 Å². The number of benzene rings is 1. The third-order valence-corrected chi connectivity index (χ3v) is 2.73. The van der Waals surface area contributed by atoms with Crippen LogP contribution in [0.1, 0.15) is 48.7 Å². The number of hydrogen-bond donors (Lipinski definition) is 0. The molecule has 0 heterocycles. The van der Waals surface area contributed by atoms with Gasteiger partial charge in [0.25, 0.3) is 0 Å². The minimum atomic E-state index is 0.0252. The Bertz CT molecular complexity index is 425. The number of ether oxygens (including phenoxy) is 1. The Hall–Kier alpha value is -1.31. The summed E-state index contributed by atoms with van der Waals surface area (Å²) in [6, 6.07) is 3.87. The van der Waals surface area contributed by atoms with E-state index in [-0.39, 0.29) is 11.2 Å². The smallest absolute Gasteiger partial charge is 0.163 e. The lowest BCUT2D eigenvalue weighted by Gasteiger charge is -2.18. The highest BCUT2D eigenvalue weighted by Crippen LogP contribution is 2.27. The van der Waals surface area contributed by atoms with E-state index in [4.69, 9.17) is 4.74 Å². The third-order valence-electron chi connectivity index (χ3n) is 2.73. The molecule has 0 saturated heterocycles. The summed E-state index contributed by atoms with van der Waals surface area (Å²) in [6.07, 6.45) is 0.569. The minimum Gasteiger partial charge on any atom is -0.496 e.